The van der Waals surface area contributed by atoms with Crippen molar-refractivity contribution in [3.8, 4) is 0 Å². The molecule has 158 valence electrons. The number of alkyl halides is 2. The predicted molar refractivity (Wildman–Crippen MR) is 115 cm³/mol. The standard InChI is InChI=1S/C21H22F3N5S/c1-12(14-4-3-5-15(19(14)22)20(23)24)26-21-16-10-18(29-6-8-30-9-7-29)25-11-17(16)27-13(2)28-21/h3-5,10-12,20H,6-9H2,1-2H3,(H,26,27,28)/t12-/m1/s1. The summed E-state index contributed by atoms with van der Waals surface area (Å²) in [6.07, 6.45) is -1.15. The molecule has 3 aromatic rings. The quantitative estimate of drug-likeness (QED) is 0.602. The third-order valence-electron chi connectivity index (χ3n) is 5.13. The molecular formula is C21H22F3N5S. The summed E-state index contributed by atoms with van der Waals surface area (Å²) in [5.41, 5.74) is 0.244. The smallest absolute Gasteiger partial charge is 0.266 e. The Morgan fingerprint density at radius 1 is 1.13 bits per heavy atom. The maximum Gasteiger partial charge on any atom is 0.266 e. The minimum Gasteiger partial charge on any atom is -0.363 e. The van der Waals surface area contributed by atoms with Gasteiger partial charge in [0.05, 0.1) is 23.3 Å². The van der Waals surface area contributed by atoms with Gasteiger partial charge in [-0.15, -0.1) is 0 Å². The molecule has 0 unspecified atom stereocenters. The number of hydrogen-bond acceptors (Lipinski definition) is 6. The van der Waals surface area contributed by atoms with Crippen LogP contribution in [0.5, 0.6) is 0 Å². The van der Waals surface area contributed by atoms with Gasteiger partial charge in [0.1, 0.15) is 23.3 Å². The molecule has 1 atom stereocenters. The van der Waals surface area contributed by atoms with E-state index in [4.69, 9.17) is 0 Å². The van der Waals surface area contributed by atoms with Crippen molar-refractivity contribution in [2.75, 3.05) is 34.8 Å². The molecule has 1 aromatic carbocycles. The van der Waals surface area contributed by atoms with Crippen LogP contribution in [0.1, 0.15) is 36.3 Å². The largest absolute Gasteiger partial charge is 0.363 e. The van der Waals surface area contributed by atoms with E-state index in [1.165, 1.54) is 12.1 Å². The van der Waals surface area contributed by atoms with E-state index in [-0.39, 0.29) is 5.56 Å². The molecule has 1 N–H and O–H groups in total. The Labute approximate surface area is 177 Å². The van der Waals surface area contributed by atoms with E-state index >= 15 is 0 Å². The van der Waals surface area contributed by atoms with Crippen molar-refractivity contribution in [2.24, 2.45) is 0 Å². The molecule has 3 heterocycles. The fourth-order valence-corrected chi connectivity index (χ4v) is 4.47. The van der Waals surface area contributed by atoms with Crippen LogP contribution in [0.3, 0.4) is 0 Å². The first kappa shape index (κ1) is 20.7. The van der Waals surface area contributed by atoms with Gasteiger partial charge in [-0.3, -0.25) is 0 Å². The number of rotatable bonds is 5. The van der Waals surface area contributed by atoms with Crippen LogP contribution >= 0.6 is 11.8 Å². The lowest BCUT2D eigenvalue weighted by Crippen LogP contribution is -2.33. The number of thioether (sulfide) groups is 1. The van der Waals surface area contributed by atoms with Crippen molar-refractivity contribution in [3.63, 3.8) is 0 Å². The molecule has 2 aromatic heterocycles. The molecule has 0 saturated carbocycles. The van der Waals surface area contributed by atoms with E-state index in [1.54, 1.807) is 20.0 Å². The number of hydrogen-bond donors (Lipinski definition) is 1. The van der Waals surface area contributed by atoms with Gasteiger partial charge in [0.2, 0.25) is 0 Å². The van der Waals surface area contributed by atoms with Crippen LogP contribution < -0.4 is 10.2 Å². The van der Waals surface area contributed by atoms with Gasteiger partial charge >= 0.3 is 0 Å². The van der Waals surface area contributed by atoms with Gasteiger partial charge in [-0.25, -0.2) is 28.1 Å². The molecule has 0 amide bonds. The van der Waals surface area contributed by atoms with Gasteiger partial charge in [-0.2, -0.15) is 11.8 Å². The van der Waals surface area contributed by atoms with E-state index in [2.05, 4.69) is 25.2 Å². The third-order valence-corrected chi connectivity index (χ3v) is 6.07. The molecular weight excluding hydrogens is 411 g/mol. The van der Waals surface area contributed by atoms with Crippen molar-refractivity contribution in [3.05, 3.63) is 53.2 Å². The van der Waals surface area contributed by atoms with Crippen LogP contribution in [0.4, 0.5) is 24.8 Å². The number of aromatic nitrogens is 3. The van der Waals surface area contributed by atoms with E-state index in [9.17, 15) is 13.2 Å². The number of halogens is 3. The summed E-state index contributed by atoms with van der Waals surface area (Å²) in [6, 6.07) is 5.43. The average molecular weight is 434 g/mol. The Morgan fingerprint density at radius 2 is 1.87 bits per heavy atom. The van der Waals surface area contributed by atoms with Gasteiger partial charge in [0.15, 0.2) is 0 Å². The van der Waals surface area contributed by atoms with Crippen LogP contribution in [-0.4, -0.2) is 39.5 Å². The van der Waals surface area contributed by atoms with Gasteiger partial charge in [0.25, 0.3) is 6.43 Å². The lowest BCUT2D eigenvalue weighted by Gasteiger charge is -2.27. The molecule has 1 aliphatic rings. The zero-order valence-electron chi connectivity index (χ0n) is 16.7. The monoisotopic (exact) mass is 433 g/mol. The summed E-state index contributed by atoms with van der Waals surface area (Å²) in [4.78, 5) is 15.7. The second-order valence-electron chi connectivity index (χ2n) is 7.20. The van der Waals surface area contributed by atoms with Crippen LogP contribution in [-0.2, 0) is 0 Å². The normalized spacial score (nSPS) is 15.6. The highest BCUT2D eigenvalue weighted by Gasteiger charge is 2.21. The van der Waals surface area contributed by atoms with Gasteiger partial charge in [-0.05, 0) is 19.9 Å². The van der Waals surface area contributed by atoms with Crippen molar-refractivity contribution in [1.29, 1.82) is 0 Å². The maximum atomic E-state index is 14.6. The van der Waals surface area contributed by atoms with Gasteiger partial charge in [0, 0.05) is 35.5 Å². The molecule has 0 spiro atoms. The Bertz CT molecular complexity index is 1060. The summed E-state index contributed by atoms with van der Waals surface area (Å²) in [7, 11) is 0. The lowest BCUT2D eigenvalue weighted by molar-refractivity contribution is 0.146. The summed E-state index contributed by atoms with van der Waals surface area (Å²) in [5, 5.41) is 3.96. The highest BCUT2D eigenvalue weighted by molar-refractivity contribution is 7.99. The second kappa shape index (κ2) is 8.67. The summed E-state index contributed by atoms with van der Waals surface area (Å²) in [5.74, 6) is 3.12. The number of pyridine rings is 1. The summed E-state index contributed by atoms with van der Waals surface area (Å²) in [6.45, 7) is 5.32. The fraction of sp³-hybridized carbons (Fsp3) is 0.381. The molecule has 0 aliphatic carbocycles. The summed E-state index contributed by atoms with van der Waals surface area (Å²) >= 11 is 1.92. The number of anilines is 2. The van der Waals surface area contributed by atoms with E-state index in [1.807, 2.05) is 17.8 Å². The number of nitrogens with one attached hydrogen (secondary N) is 1. The molecule has 1 aliphatic heterocycles. The van der Waals surface area contributed by atoms with E-state index in [0.29, 0.717) is 17.2 Å². The molecule has 1 saturated heterocycles. The van der Waals surface area contributed by atoms with Crippen molar-refractivity contribution in [1.82, 2.24) is 15.0 Å². The molecule has 30 heavy (non-hydrogen) atoms. The molecule has 5 nitrogen and oxygen atoms in total. The first-order valence-electron chi connectivity index (χ1n) is 9.74. The molecule has 0 radical (unpaired) electrons. The van der Waals surface area contributed by atoms with E-state index in [0.717, 1.165) is 41.9 Å². The Balaban J connectivity index is 1.70. The van der Waals surface area contributed by atoms with Crippen LogP contribution in [0.15, 0.2) is 30.5 Å². The van der Waals surface area contributed by atoms with E-state index < -0.39 is 23.8 Å². The Kier molecular flexibility index (Phi) is 5.99. The van der Waals surface area contributed by atoms with Crippen molar-refractivity contribution >= 4 is 34.3 Å². The molecule has 1 fully saturated rings. The van der Waals surface area contributed by atoms with Crippen LogP contribution in [0.2, 0.25) is 0 Å². The van der Waals surface area contributed by atoms with Gasteiger partial charge < -0.3 is 10.2 Å². The van der Waals surface area contributed by atoms with Crippen LogP contribution in [0.25, 0.3) is 10.9 Å². The second-order valence-corrected chi connectivity index (χ2v) is 8.42. The summed E-state index contributed by atoms with van der Waals surface area (Å²) < 4.78 is 40.8. The highest BCUT2D eigenvalue weighted by atomic mass is 32.2. The SMILES string of the molecule is Cc1nc(N[C@H](C)c2cccc(C(F)F)c2F)c2cc(N3CCSCC3)ncc2n1. The Hall–Kier alpha value is -2.55. The zero-order valence-corrected chi connectivity index (χ0v) is 17.5. The van der Waals surface area contributed by atoms with Crippen LogP contribution in [0, 0.1) is 12.7 Å². The fourth-order valence-electron chi connectivity index (χ4n) is 3.57. The number of nitrogens with zero attached hydrogens (tertiary/aromatic N) is 4. The number of fused-ring (bicyclic) bond motifs is 1. The Morgan fingerprint density at radius 3 is 2.60 bits per heavy atom. The minimum absolute atomic E-state index is 0.166. The van der Waals surface area contributed by atoms with Crippen molar-refractivity contribution < 1.29 is 13.2 Å². The number of aryl methyl sites for hydroxylation is 1. The third kappa shape index (κ3) is 4.16. The molecule has 9 heteroatoms. The average Bonchev–Trinajstić information content (AvgIpc) is 2.74. The molecule has 4 rings (SSSR count). The highest BCUT2D eigenvalue weighted by Crippen LogP contribution is 2.31. The first-order chi connectivity index (χ1) is 14.4. The minimum atomic E-state index is -2.87. The predicted octanol–water partition coefficient (Wildman–Crippen LogP) is 5.14. The lowest BCUT2D eigenvalue weighted by atomic mass is 10.0. The van der Waals surface area contributed by atoms with Gasteiger partial charge in [-0.1, -0.05) is 18.2 Å². The maximum absolute atomic E-state index is 14.6. The molecule has 0 bridgehead atoms. The zero-order chi connectivity index (χ0) is 21.3. The topological polar surface area (TPSA) is 53.9 Å². The van der Waals surface area contributed by atoms with Crippen molar-refractivity contribution in [2.45, 2.75) is 26.3 Å². The number of benzene rings is 1. The first-order valence-corrected chi connectivity index (χ1v) is 10.9.